The Labute approximate surface area is 161 Å². The number of nitrogens with one attached hydrogen (secondary N) is 1. The predicted molar refractivity (Wildman–Crippen MR) is 113 cm³/mol. The van der Waals surface area contributed by atoms with Crippen LogP contribution in [0.1, 0.15) is 33.3 Å². The van der Waals surface area contributed by atoms with Crippen LogP contribution in [0.4, 0.5) is 0 Å². The van der Waals surface area contributed by atoms with Gasteiger partial charge in [0.05, 0.1) is 10.9 Å². The van der Waals surface area contributed by atoms with Gasteiger partial charge in [0.25, 0.3) is 5.56 Å². The van der Waals surface area contributed by atoms with E-state index in [2.05, 4.69) is 54.7 Å². The molecule has 3 rings (SSSR count). The van der Waals surface area contributed by atoms with Crippen molar-refractivity contribution in [2.75, 3.05) is 13.1 Å². The average molecular weight is 364 g/mol. The summed E-state index contributed by atoms with van der Waals surface area (Å²) >= 11 is 0. The van der Waals surface area contributed by atoms with Crippen LogP contribution in [0.25, 0.3) is 22.3 Å². The lowest BCUT2D eigenvalue weighted by atomic mass is 10.1. The third-order valence-electron chi connectivity index (χ3n) is 4.49. The molecular weight excluding hydrogens is 334 g/mol. The van der Waals surface area contributed by atoms with Gasteiger partial charge in [0.15, 0.2) is 0 Å². The monoisotopic (exact) mass is 363 g/mol. The van der Waals surface area contributed by atoms with Gasteiger partial charge in [0.2, 0.25) is 0 Å². The maximum atomic E-state index is 12.3. The van der Waals surface area contributed by atoms with Crippen molar-refractivity contribution in [1.29, 1.82) is 0 Å². The predicted octanol–water partition coefficient (Wildman–Crippen LogP) is 4.70. The number of benzene rings is 2. The molecule has 0 bridgehead atoms. The van der Waals surface area contributed by atoms with Gasteiger partial charge in [-0.3, -0.25) is 9.69 Å². The van der Waals surface area contributed by atoms with Crippen LogP contribution in [0.2, 0.25) is 0 Å². The number of aromatic amines is 1. The molecule has 0 saturated carbocycles. The number of aromatic nitrogens is 2. The van der Waals surface area contributed by atoms with Crippen LogP contribution in [0.15, 0.2) is 53.3 Å². The van der Waals surface area contributed by atoms with Crippen LogP contribution < -0.4 is 5.56 Å². The summed E-state index contributed by atoms with van der Waals surface area (Å²) in [5.41, 5.74) is 2.84. The molecule has 0 aliphatic carbocycles. The summed E-state index contributed by atoms with van der Waals surface area (Å²) < 4.78 is 0. The van der Waals surface area contributed by atoms with Crippen LogP contribution in [0, 0.1) is 11.8 Å². The van der Waals surface area contributed by atoms with Crippen molar-refractivity contribution in [2.24, 2.45) is 11.8 Å². The third kappa shape index (κ3) is 5.04. The molecule has 4 heteroatoms. The number of para-hydroxylation sites is 1. The summed E-state index contributed by atoms with van der Waals surface area (Å²) in [6.45, 7) is 12.2. The van der Waals surface area contributed by atoms with E-state index in [0.717, 1.165) is 30.7 Å². The highest BCUT2D eigenvalue weighted by Crippen LogP contribution is 2.18. The van der Waals surface area contributed by atoms with Crippen LogP contribution >= 0.6 is 0 Å². The van der Waals surface area contributed by atoms with E-state index < -0.39 is 0 Å². The topological polar surface area (TPSA) is 49.0 Å². The lowest BCUT2D eigenvalue weighted by Gasteiger charge is -2.26. The molecule has 142 valence electrons. The minimum absolute atomic E-state index is 0.0975. The van der Waals surface area contributed by atoms with Crippen molar-refractivity contribution >= 4 is 10.9 Å². The molecule has 27 heavy (non-hydrogen) atoms. The Morgan fingerprint density at radius 1 is 0.926 bits per heavy atom. The standard InChI is InChI=1S/C23H29N3O/c1-16(2)13-26(14-17(3)4)15-18-9-11-19(12-10-18)22-24-21-8-6-5-7-20(21)23(27)25-22/h5-12,16-17H,13-15H2,1-4H3,(H,24,25,27). The van der Waals surface area contributed by atoms with E-state index in [0.29, 0.717) is 23.0 Å². The van der Waals surface area contributed by atoms with E-state index >= 15 is 0 Å². The van der Waals surface area contributed by atoms with Crippen molar-refractivity contribution in [2.45, 2.75) is 34.2 Å². The fraction of sp³-hybridized carbons (Fsp3) is 0.391. The van der Waals surface area contributed by atoms with Crippen molar-refractivity contribution in [3.8, 4) is 11.4 Å². The number of nitrogens with zero attached hydrogens (tertiary/aromatic N) is 2. The number of H-pyrrole nitrogens is 1. The van der Waals surface area contributed by atoms with E-state index in [-0.39, 0.29) is 5.56 Å². The summed E-state index contributed by atoms with van der Waals surface area (Å²) in [4.78, 5) is 22.3. The zero-order valence-electron chi connectivity index (χ0n) is 16.7. The molecule has 0 amide bonds. The largest absolute Gasteiger partial charge is 0.306 e. The summed E-state index contributed by atoms with van der Waals surface area (Å²) in [6, 6.07) is 15.8. The van der Waals surface area contributed by atoms with Crippen LogP contribution in [-0.2, 0) is 6.54 Å². The molecule has 0 unspecified atom stereocenters. The molecule has 0 aliphatic heterocycles. The second-order valence-electron chi connectivity index (χ2n) is 8.11. The fourth-order valence-corrected chi connectivity index (χ4v) is 3.49. The highest BCUT2D eigenvalue weighted by molar-refractivity contribution is 5.79. The maximum Gasteiger partial charge on any atom is 0.259 e. The Hall–Kier alpha value is -2.46. The molecule has 3 aromatic rings. The number of hydrogen-bond acceptors (Lipinski definition) is 3. The quantitative estimate of drug-likeness (QED) is 0.662. The molecule has 1 heterocycles. The Kier molecular flexibility index (Phi) is 6.07. The second kappa shape index (κ2) is 8.49. The zero-order chi connectivity index (χ0) is 19.4. The highest BCUT2D eigenvalue weighted by atomic mass is 16.1. The van der Waals surface area contributed by atoms with Crippen molar-refractivity contribution in [3.05, 3.63) is 64.4 Å². The normalized spacial score (nSPS) is 11.8. The van der Waals surface area contributed by atoms with E-state index in [9.17, 15) is 4.79 Å². The van der Waals surface area contributed by atoms with Gasteiger partial charge in [-0.1, -0.05) is 64.1 Å². The number of hydrogen-bond donors (Lipinski definition) is 1. The van der Waals surface area contributed by atoms with Gasteiger partial charge in [-0.2, -0.15) is 0 Å². The first-order chi connectivity index (χ1) is 12.9. The Morgan fingerprint density at radius 3 is 2.19 bits per heavy atom. The number of fused-ring (bicyclic) bond motifs is 1. The minimum atomic E-state index is -0.0975. The highest BCUT2D eigenvalue weighted by Gasteiger charge is 2.11. The van der Waals surface area contributed by atoms with Gasteiger partial charge in [-0.05, 0) is 29.5 Å². The summed E-state index contributed by atoms with van der Waals surface area (Å²) in [7, 11) is 0. The smallest absolute Gasteiger partial charge is 0.259 e. The molecule has 0 saturated heterocycles. The molecule has 0 atom stereocenters. The molecule has 2 aromatic carbocycles. The summed E-state index contributed by atoms with van der Waals surface area (Å²) in [6.07, 6.45) is 0. The van der Waals surface area contributed by atoms with Gasteiger partial charge in [0, 0.05) is 25.2 Å². The Morgan fingerprint density at radius 2 is 1.56 bits per heavy atom. The first kappa shape index (κ1) is 19.3. The number of rotatable bonds is 7. The molecule has 0 aliphatic rings. The maximum absolute atomic E-state index is 12.3. The third-order valence-corrected chi connectivity index (χ3v) is 4.49. The van der Waals surface area contributed by atoms with Gasteiger partial charge < -0.3 is 4.98 Å². The molecule has 0 spiro atoms. The molecule has 1 N–H and O–H groups in total. The van der Waals surface area contributed by atoms with Crippen LogP contribution in [-0.4, -0.2) is 28.0 Å². The lowest BCUT2D eigenvalue weighted by Crippen LogP contribution is -2.30. The first-order valence-electron chi connectivity index (χ1n) is 9.73. The second-order valence-corrected chi connectivity index (χ2v) is 8.11. The van der Waals surface area contributed by atoms with Crippen LogP contribution in [0.3, 0.4) is 0 Å². The molecule has 1 aromatic heterocycles. The SMILES string of the molecule is CC(C)CN(Cc1ccc(-c2nc3ccccc3c(=O)[nH]2)cc1)CC(C)C. The van der Waals surface area contributed by atoms with Crippen molar-refractivity contribution in [1.82, 2.24) is 14.9 Å². The van der Waals surface area contributed by atoms with Gasteiger partial charge in [0.1, 0.15) is 5.82 Å². The molecule has 0 radical (unpaired) electrons. The zero-order valence-corrected chi connectivity index (χ0v) is 16.7. The van der Waals surface area contributed by atoms with E-state index in [1.54, 1.807) is 6.07 Å². The van der Waals surface area contributed by atoms with Gasteiger partial charge in [-0.25, -0.2) is 4.98 Å². The lowest BCUT2D eigenvalue weighted by molar-refractivity contribution is 0.211. The minimum Gasteiger partial charge on any atom is -0.306 e. The van der Waals surface area contributed by atoms with Crippen molar-refractivity contribution in [3.63, 3.8) is 0 Å². The molecular formula is C23H29N3O. The Bertz CT molecular complexity index is 932. The fourth-order valence-electron chi connectivity index (χ4n) is 3.49. The van der Waals surface area contributed by atoms with E-state index in [1.807, 2.05) is 30.3 Å². The molecule has 0 fully saturated rings. The van der Waals surface area contributed by atoms with E-state index in [1.165, 1.54) is 5.56 Å². The van der Waals surface area contributed by atoms with Crippen molar-refractivity contribution < 1.29 is 0 Å². The average Bonchev–Trinajstić information content (AvgIpc) is 2.61. The Balaban J connectivity index is 1.81. The molecule has 4 nitrogen and oxygen atoms in total. The first-order valence-corrected chi connectivity index (χ1v) is 9.73. The van der Waals surface area contributed by atoms with E-state index in [4.69, 9.17) is 0 Å². The van der Waals surface area contributed by atoms with Crippen LogP contribution in [0.5, 0.6) is 0 Å². The van der Waals surface area contributed by atoms with Gasteiger partial charge >= 0.3 is 0 Å². The summed E-state index contributed by atoms with van der Waals surface area (Å²) in [5, 5.41) is 0.621. The van der Waals surface area contributed by atoms with Gasteiger partial charge in [-0.15, -0.1) is 0 Å². The summed E-state index contributed by atoms with van der Waals surface area (Å²) in [5.74, 6) is 1.91.